The van der Waals surface area contributed by atoms with E-state index in [0.717, 1.165) is 38.2 Å². The Balaban J connectivity index is 1.27. The molecule has 4 heteroatoms. The molecule has 142 valence electrons. The van der Waals surface area contributed by atoms with Crippen molar-refractivity contribution in [1.82, 2.24) is 19.4 Å². The third kappa shape index (κ3) is 4.23. The zero-order valence-corrected chi connectivity index (χ0v) is 16.6. The van der Waals surface area contributed by atoms with Crippen molar-refractivity contribution in [3.05, 3.63) is 65.5 Å². The van der Waals surface area contributed by atoms with Crippen LogP contribution in [0.2, 0.25) is 0 Å². The molecule has 1 aromatic heterocycles. The first-order valence-corrected chi connectivity index (χ1v) is 10.1. The Bertz CT molecular complexity index is 876. The Labute approximate surface area is 162 Å². The van der Waals surface area contributed by atoms with E-state index >= 15 is 0 Å². The van der Waals surface area contributed by atoms with Crippen LogP contribution in [0.3, 0.4) is 0 Å². The molecular formula is C23H30N4. The maximum atomic E-state index is 4.88. The number of rotatable bonds is 6. The Morgan fingerprint density at radius 1 is 0.889 bits per heavy atom. The van der Waals surface area contributed by atoms with Crippen molar-refractivity contribution >= 4 is 11.0 Å². The lowest BCUT2D eigenvalue weighted by atomic mass is 10.1. The normalized spacial score (nSPS) is 16.2. The van der Waals surface area contributed by atoms with E-state index in [2.05, 4.69) is 76.9 Å². The second-order valence-corrected chi connectivity index (χ2v) is 7.74. The number of fused-ring (bicyclic) bond motifs is 1. The van der Waals surface area contributed by atoms with Gasteiger partial charge in [-0.3, -0.25) is 4.90 Å². The van der Waals surface area contributed by atoms with E-state index < -0.39 is 0 Å². The monoisotopic (exact) mass is 362 g/mol. The molecule has 27 heavy (non-hydrogen) atoms. The van der Waals surface area contributed by atoms with Crippen LogP contribution in [0.5, 0.6) is 0 Å². The number of aromatic nitrogens is 2. The molecule has 0 saturated carbocycles. The van der Waals surface area contributed by atoms with Gasteiger partial charge in [-0.1, -0.05) is 42.5 Å². The minimum absolute atomic E-state index is 0.947. The Hall–Kier alpha value is -2.17. The zero-order chi connectivity index (χ0) is 18.6. The maximum absolute atomic E-state index is 4.88. The number of aryl methyl sites for hydroxylation is 3. The van der Waals surface area contributed by atoms with Crippen LogP contribution in [0.25, 0.3) is 11.0 Å². The van der Waals surface area contributed by atoms with Crippen LogP contribution >= 0.6 is 0 Å². The summed E-state index contributed by atoms with van der Waals surface area (Å²) in [6.45, 7) is 8.91. The van der Waals surface area contributed by atoms with Gasteiger partial charge in [0.2, 0.25) is 0 Å². The van der Waals surface area contributed by atoms with E-state index in [1.807, 2.05) is 0 Å². The van der Waals surface area contributed by atoms with Crippen LogP contribution in [-0.4, -0.2) is 52.1 Å². The maximum Gasteiger partial charge on any atom is 0.123 e. The largest absolute Gasteiger partial charge is 0.330 e. The van der Waals surface area contributed by atoms with Crippen molar-refractivity contribution in [2.45, 2.75) is 26.3 Å². The zero-order valence-electron chi connectivity index (χ0n) is 16.6. The summed E-state index contributed by atoms with van der Waals surface area (Å²) in [5.74, 6) is 1.18. The third-order valence-electron chi connectivity index (χ3n) is 5.80. The molecule has 4 rings (SSSR count). The third-order valence-corrected chi connectivity index (χ3v) is 5.80. The van der Waals surface area contributed by atoms with Crippen molar-refractivity contribution in [1.29, 1.82) is 0 Å². The number of para-hydroxylation sites is 1. The highest BCUT2D eigenvalue weighted by atomic mass is 15.3. The lowest BCUT2D eigenvalue weighted by Gasteiger charge is -2.34. The van der Waals surface area contributed by atoms with Gasteiger partial charge in [0.15, 0.2) is 0 Å². The van der Waals surface area contributed by atoms with E-state index in [9.17, 15) is 0 Å². The van der Waals surface area contributed by atoms with Gasteiger partial charge >= 0.3 is 0 Å². The van der Waals surface area contributed by atoms with E-state index in [-0.39, 0.29) is 0 Å². The molecule has 1 aliphatic heterocycles. The molecule has 0 spiro atoms. The van der Waals surface area contributed by atoms with Crippen molar-refractivity contribution in [2.24, 2.45) is 7.05 Å². The van der Waals surface area contributed by atoms with Crippen molar-refractivity contribution < 1.29 is 0 Å². The summed E-state index contributed by atoms with van der Waals surface area (Å²) in [6, 6.07) is 17.2. The first kappa shape index (κ1) is 18.2. The minimum Gasteiger partial charge on any atom is -0.330 e. The summed E-state index contributed by atoms with van der Waals surface area (Å²) < 4.78 is 2.27. The number of hydrogen-bond donors (Lipinski definition) is 0. The summed E-state index contributed by atoms with van der Waals surface area (Å²) in [6.07, 6.45) is 2.42. The second-order valence-electron chi connectivity index (χ2n) is 7.74. The molecule has 2 aromatic carbocycles. The first-order valence-electron chi connectivity index (χ1n) is 10.1. The minimum atomic E-state index is 0.947. The SMILES string of the molecule is Cc1cccc2nc(CN3CCN(CCCc4ccccc4)CC3)n(C)c12. The van der Waals surface area contributed by atoms with E-state index in [1.165, 1.54) is 41.9 Å². The van der Waals surface area contributed by atoms with Crippen molar-refractivity contribution in [3.63, 3.8) is 0 Å². The summed E-state index contributed by atoms with van der Waals surface area (Å²) >= 11 is 0. The average Bonchev–Trinajstić information content (AvgIpc) is 3.01. The van der Waals surface area contributed by atoms with Crippen LogP contribution in [0, 0.1) is 6.92 Å². The van der Waals surface area contributed by atoms with Gasteiger partial charge in [0.05, 0.1) is 17.6 Å². The fraction of sp³-hybridized carbons (Fsp3) is 0.435. The number of nitrogens with zero attached hydrogens (tertiary/aromatic N) is 4. The van der Waals surface area contributed by atoms with Crippen LogP contribution in [0.4, 0.5) is 0 Å². The van der Waals surface area contributed by atoms with E-state index in [4.69, 9.17) is 4.98 Å². The van der Waals surface area contributed by atoms with Crippen LogP contribution in [0.1, 0.15) is 23.4 Å². The molecule has 0 unspecified atom stereocenters. The Kier molecular flexibility index (Phi) is 5.55. The van der Waals surface area contributed by atoms with E-state index in [1.54, 1.807) is 0 Å². The summed E-state index contributed by atoms with van der Waals surface area (Å²) in [5, 5.41) is 0. The Morgan fingerprint density at radius 2 is 1.63 bits per heavy atom. The van der Waals surface area contributed by atoms with Gasteiger partial charge in [-0.25, -0.2) is 4.98 Å². The van der Waals surface area contributed by atoms with Crippen molar-refractivity contribution in [3.8, 4) is 0 Å². The lowest BCUT2D eigenvalue weighted by molar-refractivity contribution is 0.123. The molecule has 1 fully saturated rings. The standard InChI is InChI=1S/C23H30N4/c1-19-8-6-12-21-23(19)25(2)22(24-21)18-27-16-14-26(15-17-27)13-7-11-20-9-4-3-5-10-20/h3-6,8-10,12H,7,11,13-18H2,1-2H3. The molecule has 1 saturated heterocycles. The van der Waals surface area contributed by atoms with E-state index in [0.29, 0.717) is 0 Å². The quantitative estimate of drug-likeness (QED) is 0.669. The molecule has 0 bridgehead atoms. The van der Waals surface area contributed by atoms with Crippen molar-refractivity contribution in [2.75, 3.05) is 32.7 Å². The highest BCUT2D eigenvalue weighted by Crippen LogP contribution is 2.20. The second kappa shape index (κ2) is 8.24. The summed E-state index contributed by atoms with van der Waals surface area (Å²) in [7, 11) is 2.15. The van der Waals surface area contributed by atoms with Crippen LogP contribution in [-0.2, 0) is 20.0 Å². The van der Waals surface area contributed by atoms with Crippen LogP contribution in [0.15, 0.2) is 48.5 Å². The number of piperazine rings is 1. The number of imidazole rings is 1. The summed E-state index contributed by atoms with van der Waals surface area (Å²) in [5.41, 5.74) is 5.14. The first-order chi connectivity index (χ1) is 13.2. The molecule has 0 aliphatic carbocycles. The topological polar surface area (TPSA) is 24.3 Å². The van der Waals surface area contributed by atoms with Gasteiger partial charge in [-0.2, -0.15) is 0 Å². The molecular weight excluding hydrogens is 332 g/mol. The average molecular weight is 363 g/mol. The molecule has 1 aliphatic rings. The van der Waals surface area contributed by atoms with Crippen LogP contribution < -0.4 is 0 Å². The molecule has 3 aromatic rings. The highest BCUT2D eigenvalue weighted by Gasteiger charge is 2.19. The highest BCUT2D eigenvalue weighted by molar-refractivity contribution is 5.79. The smallest absolute Gasteiger partial charge is 0.123 e. The summed E-state index contributed by atoms with van der Waals surface area (Å²) in [4.78, 5) is 10.0. The predicted octanol–water partition coefficient (Wildman–Crippen LogP) is 3.63. The molecule has 0 amide bonds. The van der Waals surface area contributed by atoms with Gasteiger partial charge in [-0.05, 0) is 43.5 Å². The van der Waals surface area contributed by atoms with Gasteiger partial charge in [0.1, 0.15) is 5.82 Å². The number of benzene rings is 2. The fourth-order valence-electron chi connectivity index (χ4n) is 4.18. The predicted molar refractivity (Wildman–Crippen MR) is 112 cm³/mol. The molecule has 0 atom stereocenters. The molecule has 0 N–H and O–H groups in total. The fourth-order valence-corrected chi connectivity index (χ4v) is 4.18. The molecule has 4 nitrogen and oxygen atoms in total. The Morgan fingerprint density at radius 3 is 2.37 bits per heavy atom. The molecule has 2 heterocycles. The van der Waals surface area contributed by atoms with Gasteiger partial charge in [0.25, 0.3) is 0 Å². The van der Waals surface area contributed by atoms with Gasteiger partial charge in [0, 0.05) is 33.2 Å². The van der Waals surface area contributed by atoms with Gasteiger partial charge < -0.3 is 9.47 Å². The van der Waals surface area contributed by atoms with Gasteiger partial charge in [-0.15, -0.1) is 0 Å². The lowest BCUT2D eigenvalue weighted by Crippen LogP contribution is -2.46. The number of hydrogen-bond acceptors (Lipinski definition) is 3. The molecule has 0 radical (unpaired) electrons.